The zero-order valence-corrected chi connectivity index (χ0v) is 26.2. The fourth-order valence-electron chi connectivity index (χ4n) is 6.19. The Balaban J connectivity index is 1.40. The van der Waals surface area contributed by atoms with E-state index in [9.17, 15) is 14.0 Å². The molecule has 2 bridgehead atoms. The molecule has 46 heavy (non-hydrogen) atoms. The molecule has 2 N–H and O–H groups in total. The molecule has 10 heteroatoms. The number of rotatable bonds is 11. The van der Waals surface area contributed by atoms with E-state index in [-0.39, 0.29) is 23.4 Å². The monoisotopic (exact) mass is 627 g/mol. The van der Waals surface area contributed by atoms with Gasteiger partial charge in [-0.25, -0.2) is 9.18 Å². The van der Waals surface area contributed by atoms with Gasteiger partial charge in [-0.15, -0.1) is 0 Å². The number of morpholine rings is 1. The zero-order valence-electron chi connectivity index (χ0n) is 26.2. The number of nitrogens with one attached hydrogen (secondary N) is 2. The number of ether oxygens (including phenoxy) is 4. The highest BCUT2D eigenvalue weighted by molar-refractivity contribution is 6.12. The Morgan fingerprint density at radius 2 is 1.76 bits per heavy atom. The number of fused-ring (bicyclic) bond motifs is 2. The van der Waals surface area contributed by atoms with Crippen molar-refractivity contribution in [2.45, 2.75) is 38.1 Å². The number of carbonyl (C=O) groups excluding carboxylic acids is 2. The lowest BCUT2D eigenvalue weighted by Gasteiger charge is -2.36. The van der Waals surface area contributed by atoms with Gasteiger partial charge in [0.25, 0.3) is 5.91 Å². The van der Waals surface area contributed by atoms with Gasteiger partial charge in [0.1, 0.15) is 23.3 Å². The molecule has 3 aromatic rings. The molecule has 240 valence electrons. The first-order valence-electron chi connectivity index (χ1n) is 15.5. The largest absolute Gasteiger partial charge is 0.497 e. The van der Waals surface area contributed by atoms with Crippen LogP contribution in [0.4, 0.5) is 15.8 Å². The van der Waals surface area contributed by atoms with Gasteiger partial charge in [-0.3, -0.25) is 9.69 Å². The van der Waals surface area contributed by atoms with Gasteiger partial charge in [-0.1, -0.05) is 36.4 Å². The number of hydrogen-bond donors (Lipinski definition) is 2. The van der Waals surface area contributed by atoms with Crippen LogP contribution in [0.25, 0.3) is 0 Å². The second kappa shape index (κ2) is 13.5. The van der Waals surface area contributed by atoms with Crippen LogP contribution in [-0.2, 0) is 30.3 Å². The highest BCUT2D eigenvalue weighted by Gasteiger charge is 2.58. The summed E-state index contributed by atoms with van der Waals surface area (Å²) in [4.78, 5) is 29.9. The minimum absolute atomic E-state index is 0.107. The van der Waals surface area contributed by atoms with Crippen molar-refractivity contribution in [3.8, 4) is 5.75 Å². The summed E-state index contributed by atoms with van der Waals surface area (Å²) in [6.07, 6.45) is 2.80. The van der Waals surface area contributed by atoms with Crippen molar-refractivity contribution >= 4 is 23.3 Å². The molecule has 0 saturated carbocycles. The van der Waals surface area contributed by atoms with E-state index in [1.807, 2.05) is 42.5 Å². The van der Waals surface area contributed by atoms with Crippen molar-refractivity contribution in [1.82, 2.24) is 4.90 Å². The maximum Gasteiger partial charge on any atom is 0.337 e. The van der Waals surface area contributed by atoms with Gasteiger partial charge in [0.2, 0.25) is 0 Å². The van der Waals surface area contributed by atoms with Crippen LogP contribution in [0, 0.1) is 12.7 Å². The molecule has 0 spiro atoms. The summed E-state index contributed by atoms with van der Waals surface area (Å²) in [6.45, 7) is 7.45. The molecule has 3 heterocycles. The Bertz CT molecular complexity index is 1650. The van der Waals surface area contributed by atoms with E-state index in [2.05, 4.69) is 27.7 Å². The molecule has 1 fully saturated rings. The van der Waals surface area contributed by atoms with Gasteiger partial charge < -0.3 is 29.6 Å². The Hall–Kier alpha value is -4.51. The Labute approximate surface area is 268 Å². The third-order valence-electron chi connectivity index (χ3n) is 8.59. The third-order valence-corrected chi connectivity index (χ3v) is 8.59. The van der Waals surface area contributed by atoms with Crippen LogP contribution in [0.5, 0.6) is 5.75 Å². The fourth-order valence-corrected chi connectivity index (χ4v) is 6.19. The van der Waals surface area contributed by atoms with Gasteiger partial charge in [0.05, 0.1) is 44.1 Å². The molecule has 3 aliphatic heterocycles. The molecular formula is C36H38FN3O6. The lowest BCUT2D eigenvalue weighted by Crippen LogP contribution is -2.42. The van der Waals surface area contributed by atoms with Crippen molar-refractivity contribution in [2.24, 2.45) is 0 Å². The van der Waals surface area contributed by atoms with E-state index in [4.69, 9.17) is 18.9 Å². The zero-order chi connectivity index (χ0) is 32.3. The molecule has 3 aliphatic rings. The van der Waals surface area contributed by atoms with Crippen molar-refractivity contribution in [1.29, 1.82) is 0 Å². The number of anilines is 2. The highest BCUT2D eigenvalue weighted by atomic mass is 19.1. The molecule has 1 saturated heterocycles. The number of carbonyl (C=O) groups is 2. The van der Waals surface area contributed by atoms with E-state index in [1.54, 1.807) is 39.2 Å². The number of benzene rings is 3. The first-order chi connectivity index (χ1) is 22.3. The lowest BCUT2D eigenvalue weighted by molar-refractivity contribution is -0.140. The quantitative estimate of drug-likeness (QED) is 0.218. The van der Waals surface area contributed by atoms with Gasteiger partial charge in [0, 0.05) is 31.0 Å². The number of halogens is 1. The van der Waals surface area contributed by atoms with Gasteiger partial charge in [-0.05, 0) is 73.0 Å². The van der Waals surface area contributed by atoms with Gasteiger partial charge >= 0.3 is 5.97 Å². The van der Waals surface area contributed by atoms with Crippen LogP contribution in [0.1, 0.15) is 29.7 Å². The average Bonchev–Trinajstić information content (AvgIpc) is 3.65. The summed E-state index contributed by atoms with van der Waals surface area (Å²) < 4.78 is 37.3. The smallest absolute Gasteiger partial charge is 0.337 e. The molecule has 0 radical (unpaired) electrons. The van der Waals surface area contributed by atoms with Crippen LogP contribution >= 0.6 is 0 Å². The summed E-state index contributed by atoms with van der Waals surface area (Å²) in [6, 6.07) is 19.4. The molecular weight excluding hydrogens is 589 g/mol. The molecule has 6 rings (SSSR count). The standard InChI is InChI=1S/C36H38FN3O6/c1-4-45-35(42)32-31(34(41)39-27-10-5-23(2)29(37)21-27)30-15-16-36(32,46-30)33(38-26-11-13-28(43-3)14-12-26)25-8-6-24(7-9-25)22-40-17-19-44-20-18-40/h5-16,21,30,33,38H,4,17-20,22H2,1-3H3,(H,39,41)/t30-,33?,36?/m1/s1. The Morgan fingerprint density at radius 3 is 2.43 bits per heavy atom. The molecule has 1 amide bonds. The number of amides is 1. The highest BCUT2D eigenvalue weighted by Crippen LogP contribution is 2.51. The van der Waals surface area contributed by atoms with Crippen molar-refractivity contribution in [3.05, 3.63) is 113 Å². The Morgan fingerprint density at radius 1 is 1.04 bits per heavy atom. The van der Waals surface area contributed by atoms with E-state index >= 15 is 0 Å². The lowest BCUT2D eigenvalue weighted by atomic mass is 9.78. The summed E-state index contributed by atoms with van der Waals surface area (Å²) in [5.41, 5.74) is 2.33. The number of esters is 1. The van der Waals surface area contributed by atoms with Crippen LogP contribution < -0.4 is 15.4 Å². The maximum absolute atomic E-state index is 14.3. The van der Waals surface area contributed by atoms with Crippen LogP contribution in [0.3, 0.4) is 0 Å². The topological polar surface area (TPSA) is 98.4 Å². The van der Waals surface area contributed by atoms with Crippen molar-refractivity contribution in [3.63, 3.8) is 0 Å². The minimum Gasteiger partial charge on any atom is -0.497 e. The SMILES string of the molecule is CCOC(=O)C1=C(C(=O)Nc2ccc(C)c(F)c2)[C@H]2C=CC1(C(Nc1ccc(OC)cc1)c1ccc(CN3CCOCC3)cc1)O2. The van der Waals surface area contributed by atoms with E-state index in [1.165, 1.54) is 6.07 Å². The van der Waals surface area contributed by atoms with E-state index in [0.717, 1.165) is 49.7 Å². The number of methoxy groups -OCH3 is 1. The maximum atomic E-state index is 14.3. The van der Waals surface area contributed by atoms with Gasteiger partial charge in [-0.2, -0.15) is 0 Å². The molecule has 0 aromatic heterocycles. The van der Waals surface area contributed by atoms with Crippen LogP contribution in [0.2, 0.25) is 0 Å². The molecule has 3 atom stereocenters. The number of nitrogens with zero attached hydrogens (tertiary/aromatic N) is 1. The van der Waals surface area contributed by atoms with Crippen molar-refractivity contribution in [2.75, 3.05) is 50.7 Å². The second-order valence-corrected chi connectivity index (χ2v) is 11.6. The molecule has 9 nitrogen and oxygen atoms in total. The fraction of sp³-hybridized carbons (Fsp3) is 0.333. The minimum atomic E-state index is -1.38. The first-order valence-corrected chi connectivity index (χ1v) is 15.5. The molecule has 0 aliphatic carbocycles. The van der Waals surface area contributed by atoms with Crippen molar-refractivity contribution < 1.29 is 32.9 Å². The molecule has 2 unspecified atom stereocenters. The molecule has 3 aromatic carbocycles. The summed E-state index contributed by atoms with van der Waals surface area (Å²) in [7, 11) is 1.60. The normalized spacial score (nSPS) is 21.3. The van der Waals surface area contributed by atoms with Gasteiger partial charge in [0.15, 0.2) is 0 Å². The summed E-state index contributed by atoms with van der Waals surface area (Å²) in [5, 5.41) is 6.34. The van der Waals surface area contributed by atoms with E-state index < -0.39 is 35.4 Å². The number of hydrogen-bond acceptors (Lipinski definition) is 8. The predicted octanol–water partition coefficient (Wildman–Crippen LogP) is 5.33. The summed E-state index contributed by atoms with van der Waals surface area (Å²) in [5.74, 6) is -0.963. The third kappa shape index (κ3) is 6.28. The number of aryl methyl sites for hydroxylation is 1. The predicted molar refractivity (Wildman–Crippen MR) is 172 cm³/mol. The second-order valence-electron chi connectivity index (χ2n) is 11.6. The van der Waals surface area contributed by atoms with E-state index in [0.29, 0.717) is 11.3 Å². The van der Waals surface area contributed by atoms with Crippen LogP contribution in [-0.4, -0.2) is 68.5 Å². The van der Waals surface area contributed by atoms with Crippen LogP contribution in [0.15, 0.2) is 90.0 Å². The average molecular weight is 628 g/mol. The Kier molecular flexibility index (Phi) is 9.21. The first kappa shape index (κ1) is 31.5. The summed E-state index contributed by atoms with van der Waals surface area (Å²) >= 11 is 0.